The fourth-order valence-corrected chi connectivity index (χ4v) is 5.34. The number of azo groups is 1. The molecular formula is C21H23N3O2. The summed E-state index contributed by atoms with van der Waals surface area (Å²) in [5.74, 6) is 0.251. The van der Waals surface area contributed by atoms with Crippen LogP contribution >= 0.6 is 0 Å². The van der Waals surface area contributed by atoms with E-state index in [2.05, 4.69) is 34.6 Å². The van der Waals surface area contributed by atoms with Crippen LogP contribution in [0.1, 0.15) is 38.2 Å². The maximum atomic E-state index is 13.5. The molecule has 1 spiro atoms. The first-order valence-corrected chi connectivity index (χ1v) is 9.46. The van der Waals surface area contributed by atoms with Crippen molar-refractivity contribution in [2.24, 2.45) is 15.6 Å². The highest BCUT2D eigenvalue weighted by atomic mass is 16.5. The first-order valence-electron chi connectivity index (χ1n) is 9.46. The van der Waals surface area contributed by atoms with Crippen molar-refractivity contribution in [1.29, 1.82) is 0 Å². The highest BCUT2D eigenvalue weighted by molar-refractivity contribution is 6.01. The van der Waals surface area contributed by atoms with E-state index < -0.39 is 5.41 Å². The van der Waals surface area contributed by atoms with Gasteiger partial charge < -0.3 is 10.1 Å². The van der Waals surface area contributed by atoms with Crippen LogP contribution in [0.15, 0.2) is 63.6 Å². The van der Waals surface area contributed by atoms with Crippen LogP contribution in [0.3, 0.4) is 0 Å². The molecule has 0 bridgehead atoms. The molecule has 5 rings (SSSR count). The summed E-state index contributed by atoms with van der Waals surface area (Å²) < 4.78 is 5.66. The maximum Gasteiger partial charge on any atom is 0.164 e. The van der Waals surface area contributed by atoms with Gasteiger partial charge in [0.15, 0.2) is 11.9 Å². The van der Waals surface area contributed by atoms with E-state index in [4.69, 9.17) is 4.74 Å². The summed E-state index contributed by atoms with van der Waals surface area (Å²) in [5, 5.41) is 12.1. The quantitative estimate of drug-likeness (QED) is 0.887. The van der Waals surface area contributed by atoms with Crippen molar-refractivity contribution in [1.82, 2.24) is 5.32 Å². The molecule has 1 aromatic carbocycles. The van der Waals surface area contributed by atoms with E-state index in [1.807, 2.05) is 24.4 Å². The van der Waals surface area contributed by atoms with Gasteiger partial charge in [0.1, 0.15) is 0 Å². The number of ketones is 1. The molecule has 1 fully saturated rings. The Balaban J connectivity index is 1.72. The van der Waals surface area contributed by atoms with E-state index in [1.54, 1.807) is 0 Å². The largest absolute Gasteiger partial charge is 0.381 e. The van der Waals surface area contributed by atoms with Crippen LogP contribution < -0.4 is 5.32 Å². The molecule has 134 valence electrons. The number of hydrogen-bond donors (Lipinski definition) is 1. The first-order chi connectivity index (χ1) is 12.7. The van der Waals surface area contributed by atoms with Gasteiger partial charge >= 0.3 is 0 Å². The van der Waals surface area contributed by atoms with Gasteiger partial charge in [0.25, 0.3) is 0 Å². The number of nitrogens with zero attached hydrogens (tertiary/aromatic N) is 2. The van der Waals surface area contributed by atoms with Crippen LogP contribution in [0, 0.1) is 5.41 Å². The van der Waals surface area contributed by atoms with Gasteiger partial charge in [-0.05, 0) is 24.8 Å². The van der Waals surface area contributed by atoms with Crippen molar-refractivity contribution in [2.45, 2.75) is 44.2 Å². The molecule has 3 heterocycles. The number of nitrogens with one attached hydrogen (secondary N) is 1. The Bertz CT molecular complexity index is 849. The molecule has 0 amide bonds. The predicted octanol–water partition coefficient (Wildman–Crippen LogP) is 3.64. The zero-order valence-electron chi connectivity index (χ0n) is 15.0. The molecule has 1 aliphatic carbocycles. The van der Waals surface area contributed by atoms with Crippen LogP contribution in [0.25, 0.3) is 0 Å². The second kappa shape index (κ2) is 5.61. The van der Waals surface area contributed by atoms with Crippen molar-refractivity contribution >= 4 is 5.78 Å². The Labute approximate surface area is 153 Å². The standard InChI is InChI=1S/C21H23N3O2/c1-2-21(14-6-4-3-5-7-14)15-12-22-24-19(15)23-16-10-20(8-9-26-13-20)11-17(25)18(16)21/h3-7,12,19,23H,2,8-11,13H2,1H3/t19?,20-,21+/m1/s1. The van der Waals surface area contributed by atoms with E-state index in [0.717, 1.165) is 48.3 Å². The molecule has 0 saturated carbocycles. The molecule has 1 saturated heterocycles. The third kappa shape index (κ3) is 2.04. The Kier molecular flexibility index (Phi) is 3.44. The molecule has 0 radical (unpaired) electrons. The lowest BCUT2D eigenvalue weighted by molar-refractivity contribution is -0.119. The molecule has 1 unspecified atom stereocenters. The van der Waals surface area contributed by atoms with Gasteiger partial charge in [-0.1, -0.05) is 37.3 Å². The normalized spacial score (nSPS) is 35.3. The van der Waals surface area contributed by atoms with Crippen LogP contribution in [-0.4, -0.2) is 25.2 Å². The monoisotopic (exact) mass is 349 g/mol. The molecular weight excluding hydrogens is 326 g/mol. The van der Waals surface area contributed by atoms with Crippen molar-refractivity contribution in [3.63, 3.8) is 0 Å². The van der Waals surface area contributed by atoms with Crippen molar-refractivity contribution < 1.29 is 9.53 Å². The summed E-state index contributed by atoms with van der Waals surface area (Å²) in [6.07, 6.45) is 4.90. The Hall–Kier alpha value is -2.27. The van der Waals surface area contributed by atoms with Gasteiger partial charge in [-0.2, -0.15) is 10.2 Å². The molecule has 0 aromatic heterocycles. The summed E-state index contributed by atoms with van der Waals surface area (Å²) in [4.78, 5) is 13.5. The minimum Gasteiger partial charge on any atom is -0.381 e. The van der Waals surface area contributed by atoms with E-state index in [0.29, 0.717) is 13.0 Å². The van der Waals surface area contributed by atoms with Crippen LogP contribution in [0.5, 0.6) is 0 Å². The molecule has 1 aromatic rings. The van der Waals surface area contributed by atoms with Gasteiger partial charge in [0.05, 0.1) is 18.2 Å². The summed E-state index contributed by atoms with van der Waals surface area (Å²) in [5.41, 5.74) is 3.76. The van der Waals surface area contributed by atoms with Gasteiger partial charge in [-0.15, -0.1) is 0 Å². The molecule has 3 aliphatic heterocycles. The zero-order valence-corrected chi connectivity index (χ0v) is 15.0. The number of ether oxygens (including phenoxy) is 1. The molecule has 26 heavy (non-hydrogen) atoms. The fraction of sp³-hybridized carbons (Fsp3) is 0.476. The lowest BCUT2D eigenvalue weighted by Crippen LogP contribution is -2.52. The smallest absolute Gasteiger partial charge is 0.164 e. The van der Waals surface area contributed by atoms with E-state index in [9.17, 15) is 4.79 Å². The summed E-state index contributed by atoms with van der Waals surface area (Å²) in [6, 6.07) is 10.4. The Morgan fingerprint density at radius 1 is 1.27 bits per heavy atom. The SMILES string of the molecule is CC[C@]1(c2ccccc2)C2=CN=NC2NC2=C1C(=O)C[C@@]1(CCOC1)C2. The van der Waals surface area contributed by atoms with Gasteiger partial charge in [0.2, 0.25) is 0 Å². The second-order valence-electron chi connectivity index (χ2n) is 7.92. The third-order valence-corrected chi connectivity index (χ3v) is 6.55. The van der Waals surface area contributed by atoms with Gasteiger partial charge in [0, 0.05) is 35.3 Å². The third-order valence-electron chi connectivity index (χ3n) is 6.55. The van der Waals surface area contributed by atoms with E-state index in [-0.39, 0.29) is 17.4 Å². The summed E-state index contributed by atoms with van der Waals surface area (Å²) in [7, 11) is 0. The molecule has 1 N–H and O–H groups in total. The van der Waals surface area contributed by atoms with Crippen LogP contribution in [0.4, 0.5) is 0 Å². The van der Waals surface area contributed by atoms with Crippen LogP contribution in [0.2, 0.25) is 0 Å². The molecule has 4 aliphatic rings. The summed E-state index contributed by atoms with van der Waals surface area (Å²) in [6.45, 7) is 3.59. The minimum absolute atomic E-state index is 0.0456. The lowest BCUT2D eigenvalue weighted by Gasteiger charge is -2.48. The fourth-order valence-electron chi connectivity index (χ4n) is 5.34. The predicted molar refractivity (Wildman–Crippen MR) is 97.4 cm³/mol. The van der Waals surface area contributed by atoms with Crippen LogP contribution in [-0.2, 0) is 14.9 Å². The number of hydrogen-bond acceptors (Lipinski definition) is 5. The molecule has 5 nitrogen and oxygen atoms in total. The van der Waals surface area contributed by atoms with Crippen molar-refractivity contribution in [3.8, 4) is 0 Å². The molecule has 5 heteroatoms. The number of fused-ring (bicyclic) bond motifs is 1. The van der Waals surface area contributed by atoms with E-state index >= 15 is 0 Å². The average Bonchev–Trinajstić information content (AvgIpc) is 3.30. The number of rotatable bonds is 2. The van der Waals surface area contributed by atoms with Gasteiger partial charge in [-0.3, -0.25) is 4.79 Å². The Morgan fingerprint density at radius 2 is 2.12 bits per heavy atom. The summed E-state index contributed by atoms with van der Waals surface area (Å²) >= 11 is 0. The highest BCUT2D eigenvalue weighted by Gasteiger charge is 2.54. The second-order valence-corrected chi connectivity index (χ2v) is 7.92. The number of Topliss-reactive ketones (excluding diaryl/α,β-unsaturated/α-hetero) is 1. The maximum absolute atomic E-state index is 13.5. The van der Waals surface area contributed by atoms with E-state index in [1.165, 1.54) is 0 Å². The average molecular weight is 349 g/mol. The first kappa shape index (κ1) is 15.9. The minimum atomic E-state index is -0.436. The number of carbonyl (C=O) groups is 1. The Morgan fingerprint density at radius 3 is 2.85 bits per heavy atom. The number of carbonyl (C=O) groups excluding carboxylic acids is 1. The topological polar surface area (TPSA) is 63.0 Å². The van der Waals surface area contributed by atoms with Crippen molar-refractivity contribution in [3.05, 3.63) is 58.9 Å². The lowest BCUT2D eigenvalue weighted by atomic mass is 9.58. The number of benzene rings is 1. The van der Waals surface area contributed by atoms with Crippen molar-refractivity contribution in [2.75, 3.05) is 13.2 Å². The molecule has 3 atom stereocenters. The zero-order chi connectivity index (χ0) is 17.8. The van der Waals surface area contributed by atoms with Gasteiger partial charge in [-0.25, -0.2) is 0 Å². The highest BCUT2D eigenvalue weighted by Crippen LogP contribution is 2.55. The number of allylic oxidation sites excluding steroid dienone is 2.